The van der Waals surface area contributed by atoms with E-state index >= 15 is 0 Å². The fraction of sp³-hybridized carbons (Fsp3) is 0.538. The smallest absolute Gasteiger partial charge is 0.127 e. The molecule has 1 atom stereocenters. The third-order valence-electron chi connectivity index (χ3n) is 3.71. The van der Waals surface area contributed by atoms with Crippen LogP contribution in [0.4, 0.5) is 4.39 Å². The van der Waals surface area contributed by atoms with E-state index in [9.17, 15) is 8.60 Å². The molecule has 1 unspecified atom stereocenters. The molecule has 2 saturated heterocycles. The molecule has 2 aliphatic rings. The molecular formula is C13H17FN2O2S. The highest BCUT2D eigenvalue weighted by atomic mass is 32.2. The van der Waals surface area contributed by atoms with Crippen LogP contribution >= 0.6 is 0 Å². The first-order valence-electron chi connectivity index (χ1n) is 6.50. The fourth-order valence-electron chi connectivity index (χ4n) is 2.61. The lowest BCUT2D eigenvalue weighted by Gasteiger charge is -2.37. The van der Waals surface area contributed by atoms with E-state index in [0.29, 0.717) is 4.90 Å². The second kappa shape index (κ2) is 5.28. The molecule has 104 valence electrons. The van der Waals surface area contributed by atoms with E-state index in [4.69, 9.17) is 4.74 Å². The molecule has 0 bridgehead atoms. The summed E-state index contributed by atoms with van der Waals surface area (Å²) in [6.07, 6.45) is 1.67. The molecule has 1 aromatic rings. The van der Waals surface area contributed by atoms with Crippen LogP contribution in [0.25, 0.3) is 0 Å². The standard InChI is InChI=1S/C13H17FN2O2S/c14-11-1-3-12(4-2-11)19(17)16-8-5-13(6-9-16)15-7-10-18-13/h1-4,15H,5-10H2. The monoisotopic (exact) mass is 284 g/mol. The summed E-state index contributed by atoms with van der Waals surface area (Å²) in [5.74, 6) is -0.304. The van der Waals surface area contributed by atoms with E-state index in [1.807, 2.05) is 4.31 Å². The summed E-state index contributed by atoms with van der Waals surface area (Å²) >= 11 is 0. The maximum Gasteiger partial charge on any atom is 0.127 e. The lowest BCUT2D eigenvalue weighted by Crippen LogP contribution is -2.51. The lowest BCUT2D eigenvalue weighted by atomic mass is 10.0. The van der Waals surface area contributed by atoms with Crippen molar-refractivity contribution in [2.45, 2.75) is 23.5 Å². The van der Waals surface area contributed by atoms with Gasteiger partial charge in [-0.2, -0.15) is 0 Å². The van der Waals surface area contributed by atoms with Crippen molar-refractivity contribution in [2.24, 2.45) is 0 Å². The first-order valence-corrected chi connectivity index (χ1v) is 7.61. The minimum Gasteiger partial charge on any atom is -0.359 e. The predicted octanol–water partition coefficient (Wildman–Crippen LogP) is 1.26. The van der Waals surface area contributed by atoms with Crippen LogP contribution in [0.1, 0.15) is 12.8 Å². The molecular weight excluding hydrogens is 267 g/mol. The molecule has 1 aromatic carbocycles. The molecule has 2 aliphatic heterocycles. The van der Waals surface area contributed by atoms with Gasteiger partial charge in [0.25, 0.3) is 0 Å². The van der Waals surface area contributed by atoms with Crippen molar-refractivity contribution < 1.29 is 13.3 Å². The summed E-state index contributed by atoms with van der Waals surface area (Å²) in [7, 11) is -1.21. The Morgan fingerprint density at radius 1 is 1.26 bits per heavy atom. The average molecular weight is 284 g/mol. The van der Waals surface area contributed by atoms with Gasteiger partial charge in [-0.3, -0.25) is 5.32 Å². The molecule has 0 aromatic heterocycles. The van der Waals surface area contributed by atoms with Gasteiger partial charge in [-0.25, -0.2) is 12.9 Å². The lowest BCUT2D eigenvalue weighted by molar-refractivity contribution is -0.0440. The fourth-order valence-corrected chi connectivity index (χ4v) is 3.79. The largest absolute Gasteiger partial charge is 0.359 e. The highest BCUT2D eigenvalue weighted by molar-refractivity contribution is 7.82. The zero-order valence-corrected chi connectivity index (χ0v) is 11.4. The Kier molecular flexibility index (Phi) is 3.66. The number of ether oxygens (including phenoxy) is 1. The van der Waals surface area contributed by atoms with Crippen LogP contribution in [0.15, 0.2) is 29.2 Å². The van der Waals surface area contributed by atoms with Gasteiger partial charge in [0, 0.05) is 32.5 Å². The molecule has 3 rings (SSSR count). The molecule has 0 amide bonds. The minimum atomic E-state index is -1.21. The number of nitrogens with zero attached hydrogens (tertiary/aromatic N) is 1. The van der Waals surface area contributed by atoms with Crippen LogP contribution in [0.2, 0.25) is 0 Å². The van der Waals surface area contributed by atoms with Gasteiger partial charge in [0.2, 0.25) is 0 Å². The van der Waals surface area contributed by atoms with E-state index in [1.54, 1.807) is 12.1 Å². The van der Waals surface area contributed by atoms with Gasteiger partial charge in [-0.05, 0) is 24.3 Å². The number of piperidine rings is 1. The summed E-state index contributed by atoms with van der Waals surface area (Å²) in [4.78, 5) is 0.651. The van der Waals surface area contributed by atoms with E-state index in [1.165, 1.54) is 12.1 Å². The van der Waals surface area contributed by atoms with E-state index in [0.717, 1.165) is 39.1 Å². The van der Waals surface area contributed by atoms with Crippen LogP contribution in [0.3, 0.4) is 0 Å². The quantitative estimate of drug-likeness (QED) is 0.889. The van der Waals surface area contributed by atoms with Crippen molar-refractivity contribution in [1.29, 1.82) is 0 Å². The Bertz CT molecular complexity index is 464. The van der Waals surface area contributed by atoms with E-state index in [-0.39, 0.29) is 11.5 Å². The van der Waals surface area contributed by atoms with Gasteiger partial charge in [0.05, 0.1) is 11.5 Å². The van der Waals surface area contributed by atoms with Gasteiger partial charge in [0.1, 0.15) is 22.5 Å². The minimum absolute atomic E-state index is 0.205. The third kappa shape index (κ3) is 2.72. The first-order chi connectivity index (χ1) is 9.19. The van der Waals surface area contributed by atoms with Gasteiger partial charge in [-0.15, -0.1) is 0 Å². The molecule has 2 heterocycles. The van der Waals surface area contributed by atoms with Gasteiger partial charge in [-0.1, -0.05) is 0 Å². The second-order valence-corrected chi connectivity index (χ2v) is 6.39. The van der Waals surface area contributed by atoms with E-state index < -0.39 is 11.0 Å². The summed E-state index contributed by atoms with van der Waals surface area (Å²) in [5.41, 5.74) is -0.205. The highest BCUT2D eigenvalue weighted by Gasteiger charge is 2.39. The second-order valence-electron chi connectivity index (χ2n) is 4.90. The topological polar surface area (TPSA) is 41.6 Å². The Labute approximate surface area is 114 Å². The zero-order chi connectivity index (χ0) is 13.3. The average Bonchev–Trinajstić information content (AvgIpc) is 2.88. The maximum absolute atomic E-state index is 12.9. The van der Waals surface area contributed by atoms with Crippen molar-refractivity contribution in [2.75, 3.05) is 26.2 Å². The first kappa shape index (κ1) is 13.2. The highest BCUT2D eigenvalue weighted by Crippen LogP contribution is 2.28. The zero-order valence-electron chi connectivity index (χ0n) is 10.6. The molecule has 4 nitrogen and oxygen atoms in total. The van der Waals surface area contributed by atoms with E-state index in [2.05, 4.69) is 5.32 Å². The van der Waals surface area contributed by atoms with Crippen LogP contribution in [0, 0.1) is 5.82 Å². The molecule has 0 radical (unpaired) electrons. The van der Waals surface area contributed by atoms with Crippen molar-refractivity contribution in [3.63, 3.8) is 0 Å². The summed E-state index contributed by atoms with van der Waals surface area (Å²) in [5, 5.41) is 3.38. The van der Waals surface area contributed by atoms with Crippen LogP contribution < -0.4 is 5.32 Å². The van der Waals surface area contributed by atoms with Gasteiger partial charge < -0.3 is 4.74 Å². The number of halogens is 1. The predicted molar refractivity (Wildman–Crippen MR) is 70.3 cm³/mol. The number of hydrogen-bond donors (Lipinski definition) is 1. The summed E-state index contributed by atoms with van der Waals surface area (Å²) in [6.45, 7) is 3.08. The Hall–Kier alpha value is -0.820. The van der Waals surface area contributed by atoms with Crippen LogP contribution in [-0.2, 0) is 15.7 Å². The van der Waals surface area contributed by atoms with Crippen LogP contribution in [-0.4, -0.2) is 40.5 Å². The number of hydrogen-bond acceptors (Lipinski definition) is 3. The molecule has 19 heavy (non-hydrogen) atoms. The molecule has 0 saturated carbocycles. The van der Waals surface area contributed by atoms with Crippen molar-refractivity contribution >= 4 is 11.0 Å². The molecule has 2 fully saturated rings. The van der Waals surface area contributed by atoms with Gasteiger partial charge >= 0.3 is 0 Å². The number of nitrogens with one attached hydrogen (secondary N) is 1. The Balaban J connectivity index is 1.64. The normalized spacial score (nSPS) is 24.7. The molecule has 6 heteroatoms. The third-order valence-corrected chi connectivity index (χ3v) is 5.22. The summed E-state index contributed by atoms with van der Waals surface area (Å²) in [6, 6.07) is 5.86. The number of benzene rings is 1. The Morgan fingerprint density at radius 2 is 1.95 bits per heavy atom. The Morgan fingerprint density at radius 3 is 2.53 bits per heavy atom. The molecule has 0 aliphatic carbocycles. The van der Waals surface area contributed by atoms with Crippen molar-refractivity contribution in [1.82, 2.24) is 9.62 Å². The molecule has 1 spiro atoms. The van der Waals surface area contributed by atoms with Crippen molar-refractivity contribution in [3.05, 3.63) is 30.1 Å². The molecule has 1 N–H and O–H groups in total. The van der Waals surface area contributed by atoms with Gasteiger partial charge in [0.15, 0.2) is 0 Å². The number of rotatable bonds is 2. The van der Waals surface area contributed by atoms with Crippen LogP contribution in [0.5, 0.6) is 0 Å². The van der Waals surface area contributed by atoms with Crippen molar-refractivity contribution in [3.8, 4) is 0 Å². The SMILES string of the molecule is O=S(c1ccc(F)cc1)N1CCC2(CC1)NCCO2. The maximum atomic E-state index is 12.9. The summed E-state index contributed by atoms with van der Waals surface area (Å²) < 4.78 is 32.9.